The predicted molar refractivity (Wildman–Crippen MR) is 124 cm³/mol. The highest BCUT2D eigenvalue weighted by atomic mass is 19.3. The van der Waals surface area contributed by atoms with E-state index in [0.717, 1.165) is 12.1 Å². The van der Waals surface area contributed by atoms with Crippen molar-refractivity contribution in [3.63, 3.8) is 0 Å². The lowest BCUT2D eigenvalue weighted by molar-refractivity contribution is 0.146. The van der Waals surface area contributed by atoms with Crippen molar-refractivity contribution in [3.8, 4) is 22.6 Å². The lowest BCUT2D eigenvalue weighted by Gasteiger charge is -2.16. The molecule has 0 saturated heterocycles. The number of hydrogen-bond donors (Lipinski definition) is 0. The Morgan fingerprint density at radius 3 is 2.14 bits per heavy atom. The number of nitrogens with zero attached hydrogens (tertiary/aromatic N) is 2. The molecule has 0 N–H and O–H groups in total. The SMILES string of the molecule is Cc1cc2nc(C(F)F)cc(-c3ccccc3)c2cc1Oc1cc(C(F)F)nc2c(F)cccc12. The first-order chi connectivity index (χ1) is 16.8. The Balaban J connectivity index is 1.71. The van der Waals surface area contributed by atoms with E-state index in [1.165, 1.54) is 18.2 Å². The number of fused-ring (bicyclic) bond motifs is 2. The molecule has 0 radical (unpaired) electrons. The number of aromatic nitrogens is 2. The summed E-state index contributed by atoms with van der Waals surface area (Å²) in [5.74, 6) is -0.455. The lowest BCUT2D eigenvalue weighted by atomic mass is 9.98. The summed E-state index contributed by atoms with van der Waals surface area (Å²) in [4.78, 5) is 7.85. The molecule has 35 heavy (non-hydrogen) atoms. The fourth-order valence-electron chi connectivity index (χ4n) is 3.97. The molecular formula is C27H17F5N2O. The summed E-state index contributed by atoms with van der Waals surface area (Å²) in [5.41, 5.74) is 0.890. The molecule has 176 valence electrons. The van der Waals surface area contributed by atoms with Crippen molar-refractivity contribution in [2.24, 2.45) is 0 Å². The van der Waals surface area contributed by atoms with Gasteiger partial charge in [-0.25, -0.2) is 31.9 Å². The number of para-hydroxylation sites is 1. The van der Waals surface area contributed by atoms with Crippen molar-refractivity contribution < 1.29 is 26.7 Å². The number of pyridine rings is 2. The molecule has 0 aliphatic rings. The fourth-order valence-corrected chi connectivity index (χ4v) is 3.97. The van der Waals surface area contributed by atoms with Crippen LogP contribution in [0, 0.1) is 12.7 Å². The fraction of sp³-hybridized carbons (Fsp3) is 0.111. The van der Waals surface area contributed by atoms with Gasteiger partial charge >= 0.3 is 0 Å². The second-order valence-corrected chi connectivity index (χ2v) is 7.98. The smallest absolute Gasteiger partial charge is 0.280 e. The number of ether oxygens (including phenoxy) is 1. The average Bonchev–Trinajstić information content (AvgIpc) is 2.84. The largest absolute Gasteiger partial charge is 0.456 e. The van der Waals surface area contributed by atoms with E-state index in [2.05, 4.69) is 9.97 Å². The molecule has 0 saturated carbocycles. The third-order valence-corrected chi connectivity index (χ3v) is 5.65. The van der Waals surface area contributed by atoms with Crippen LogP contribution in [0.5, 0.6) is 11.5 Å². The summed E-state index contributed by atoms with van der Waals surface area (Å²) in [6, 6.07) is 18.7. The number of halogens is 5. The zero-order valence-electron chi connectivity index (χ0n) is 18.3. The number of benzene rings is 3. The van der Waals surface area contributed by atoms with Gasteiger partial charge in [0, 0.05) is 16.8 Å². The molecule has 0 spiro atoms. The van der Waals surface area contributed by atoms with E-state index in [1.807, 2.05) is 6.07 Å². The second-order valence-electron chi connectivity index (χ2n) is 7.98. The van der Waals surface area contributed by atoms with Gasteiger partial charge in [-0.3, -0.25) is 0 Å². The highest BCUT2D eigenvalue weighted by Crippen LogP contribution is 2.39. The minimum absolute atomic E-state index is 0.00525. The predicted octanol–water partition coefficient (Wildman–Crippen LogP) is 8.57. The maximum absolute atomic E-state index is 14.3. The van der Waals surface area contributed by atoms with Gasteiger partial charge in [0.05, 0.1) is 5.52 Å². The van der Waals surface area contributed by atoms with E-state index in [-0.39, 0.29) is 22.3 Å². The van der Waals surface area contributed by atoms with Crippen molar-refractivity contribution in [1.82, 2.24) is 9.97 Å². The minimum Gasteiger partial charge on any atom is -0.456 e. The summed E-state index contributed by atoms with van der Waals surface area (Å²) in [6.45, 7) is 1.69. The van der Waals surface area contributed by atoms with Crippen molar-refractivity contribution in [2.45, 2.75) is 19.8 Å². The zero-order chi connectivity index (χ0) is 24.7. The van der Waals surface area contributed by atoms with Crippen LogP contribution in [-0.2, 0) is 0 Å². The molecule has 0 amide bonds. The van der Waals surface area contributed by atoms with Gasteiger partial charge in [0.25, 0.3) is 12.9 Å². The molecule has 8 heteroatoms. The quantitative estimate of drug-likeness (QED) is 0.236. The maximum atomic E-state index is 14.3. The molecule has 0 unspecified atom stereocenters. The number of rotatable bonds is 5. The van der Waals surface area contributed by atoms with Crippen molar-refractivity contribution in [2.75, 3.05) is 0 Å². The highest BCUT2D eigenvalue weighted by molar-refractivity contribution is 5.96. The van der Waals surface area contributed by atoms with Crippen molar-refractivity contribution in [3.05, 3.63) is 95.6 Å². The molecule has 2 heterocycles. The van der Waals surface area contributed by atoms with Gasteiger partial charge in [0.1, 0.15) is 34.2 Å². The molecule has 0 fully saturated rings. The van der Waals surface area contributed by atoms with Crippen LogP contribution in [0.1, 0.15) is 29.8 Å². The Morgan fingerprint density at radius 1 is 0.714 bits per heavy atom. The molecule has 0 bridgehead atoms. The van der Waals surface area contributed by atoms with E-state index >= 15 is 0 Å². The first-order valence-electron chi connectivity index (χ1n) is 10.7. The maximum Gasteiger partial charge on any atom is 0.280 e. The average molecular weight is 480 g/mol. The molecule has 2 aromatic heterocycles. The topological polar surface area (TPSA) is 35.0 Å². The number of aryl methyl sites for hydroxylation is 1. The number of hydrogen-bond acceptors (Lipinski definition) is 3. The molecule has 0 atom stereocenters. The van der Waals surface area contributed by atoms with Crippen LogP contribution < -0.4 is 4.74 Å². The summed E-state index contributed by atoms with van der Waals surface area (Å²) >= 11 is 0. The van der Waals surface area contributed by atoms with Gasteiger partial charge in [-0.05, 0) is 53.9 Å². The Bertz CT molecular complexity index is 1550. The molecule has 5 aromatic rings. The zero-order valence-corrected chi connectivity index (χ0v) is 18.3. The minimum atomic E-state index is -2.93. The Morgan fingerprint density at radius 2 is 1.43 bits per heavy atom. The van der Waals surface area contributed by atoms with Crippen LogP contribution in [0.3, 0.4) is 0 Å². The third-order valence-electron chi connectivity index (χ3n) is 5.65. The van der Waals surface area contributed by atoms with E-state index in [4.69, 9.17) is 4.74 Å². The van der Waals surface area contributed by atoms with E-state index in [0.29, 0.717) is 33.3 Å². The standard InChI is InChI=1S/C27H17F5N2O/c1-14-10-20-18(17(11-21(33-20)26(29)30)15-6-3-2-4-7-15)12-23(14)35-24-13-22(27(31)32)34-25-16(24)8-5-9-19(25)28/h2-13,26-27H,1H3. The normalized spacial score (nSPS) is 11.7. The lowest BCUT2D eigenvalue weighted by Crippen LogP contribution is -1.98. The van der Waals surface area contributed by atoms with Gasteiger partial charge in [-0.2, -0.15) is 0 Å². The van der Waals surface area contributed by atoms with Gasteiger partial charge in [0.2, 0.25) is 0 Å². The second kappa shape index (κ2) is 8.94. The third kappa shape index (κ3) is 4.27. The Kier molecular flexibility index (Phi) is 5.80. The summed E-state index contributed by atoms with van der Waals surface area (Å²) in [5, 5.41) is 0.767. The Hall–Kier alpha value is -4.07. The van der Waals surface area contributed by atoms with E-state index in [1.54, 1.807) is 43.3 Å². The molecule has 5 rings (SSSR count). The van der Waals surface area contributed by atoms with Crippen LogP contribution in [0.4, 0.5) is 22.0 Å². The summed E-state index contributed by atoms with van der Waals surface area (Å²) in [6.07, 6.45) is -5.69. The monoisotopic (exact) mass is 480 g/mol. The molecule has 3 aromatic carbocycles. The number of alkyl halides is 4. The van der Waals surface area contributed by atoms with Crippen molar-refractivity contribution >= 4 is 21.8 Å². The van der Waals surface area contributed by atoms with Gasteiger partial charge in [0.15, 0.2) is 0 Å². The molecular weight excluding hydrogens is 463 g/mol. The highest BCUT2D eigenvalue weighted by Gasteiger charge is 2.19. The first kappa shape index (κ1) is 22.7. The summed E-state index contributed by atoms with van der Waals surface area (Å²) < 4.78 is 74.4. The van der Waals surface area contributed by atoms with Gasteiger partial charge in [-0.15, -0.1) is 0 Å². The van der Waals surface area contributed by atoms with E-state index in [9.17, 15) is 22.0 Å². The molecule has 0 aliphatic heterocycles. The first-order valence-corrected chi connectivity index (χ1v) is 10.7. The van der Waals surface area contributed by atoms with Crippen LogP contribution in [0.2, 0.25) is 0 Å². The van der Waals surface area contributed by atoms with Crippen LogP contribution in [-0.4, -0.2) is 9.97 Å². The Labute approximate surface area is 196 Å². The summed E-state index contributed by atoms with van der Waals surface area (Å²) in [7, 11) is 0. The molecule has 0 aliphatic carbocycles. The van der Waals surface area contributed by atoms with Gasteiger partial charge < -0.3 is 4.74 Å². The van der Waals surface area contributed by atoms with Crippen LogP contribution >= 0.6 is 0 Å². The van der Waals surface area contributed by atoms with Crippen LogP contribution in [0.25, 0.3) is 32.9 Å². The molecule has 3 nitrogen and oxygen atoms in total. The van der Waals surface area contributed by atoms with Crippen LogP contribution in [0.15, 0.2) is 72.8 Å². The van der Waals surface area contributed by atoms with Crippen molar-refractivity contribution in [1.29, 1.82) is 0 Å². The van der Waals surface area contributed by atoms with Gasteiger partial charge in [-0.1, -0.05) is 36.4 Å². The van der Waals surface area contributed by atoms with E-state index < -0.39 is 24.4 Å².